The summed E-state index contributed by atoms with van der Waals surface area (Å²) in [7, 11) is 0. The van der Waals surface area contributed by atoms with E-state index >= 15 is 0 Å². The van der Waals surface area contributed by atoms with Crippen molar-refractivity contribution in [1.82, 2.24) is 5.32 Å². The molecular formula is C54H75NO27. The van der Waals surface area contributed by atoms with Gasteiger partial charge in [0.25, 0.3) is 0 Å². The van der Waals surface area contributed by atoms with Crippen LogP contribution in [0.3, 0.4) is 0 Å². The van der Waals surface area contributed by atoms with E-state index in [0.717, 1.165) is 61.0 Å². The van der Waals surface area contributed by atoms with Crippen molar-refractivity contribution in [3.05, 3.63) is 35.9 Å². The Morgan fingerprint density at radius 1 is 0.378 bits per heavy atom. The molecule has 1 aromatic rings. The number of benzene rings is 1. The molecule has 4 saturated heterocycles. The molecule has 1 N–H and O–H groups in total. The number of carbonyl (C=O) groups excluding carboxylic acids is 10. The van der Waals surface area contributed by atoms with Crippen LogP contribution in [0.2, 0.25) is 0 Å². The van der Waals surface area contributed by atoms with Crippen molar-refractivity contribution in [2.45, 2.75) is 201 Å². The number of ether oxygens (including phenoxy) is 17. The maximum absolute atomic E-state index is 13.3. The molecule has 28 nitrogen and oxygen atoms in total. The van der Waals surface area contributed by atoms with Crippen molar-refractivity contribution >= 4 is 59.6 Å². The number of carbonyl (C=O) groups is 10. The van der Waals surface area contributed by atoms with E-state index in [1.165, 1.54) is 13.8 Å². The first-order valence-electron chi connectivity index (χ1n) is 26.5. The first-order chi connectivity index (χ1) is 38.6. The zero-order chi connectivity index (χ0) is 60.7. The highest BCUT2D eigenvalue weighted by molar-refractivity contribution is 5.73. The summed E-state index contributed by atoms with van der Waals surface area (Å²) in [4.78, 5) is 127. The fourth-order valence-electron chi connectivity index (χ4n) is 9.97. The summed E-state index contributed by atoms with van der Waals surface area (Å²) < 4.78 is 103. The molecule has 0 aromatic heterocycles. The van der Waals surface area contributed by atoms with E-state index in [9.17, 15) is 47.9 Å². The van der Waals surface area contributed by atoms with Gasteiger partial charge in [-0.05, 0) is 5.56 Å². The number of rotatable bonds is 23. The van der Waals surface area contributed by atoms with Crippen LogP contribution >= 0.6 is 0 Å². The lowest BCUT2D eigenvalue weighted by Crippen LogP contribution is -2.68. The van der Waals surface area contributed by atoms with Crippen LogP contribution in [0.5, 0.6) is 0 Å². The standard InChI is InChI=1S/C54H75NO27/c1-24-42(55-27(4)56)51(76-38(20-66-28(5)57)43(24)80-53-47(73-34(11)63)25(2)44(71-32(9)61)39(78-53)21-67-29(6)58)82-49-48(74-35(12)64)41(23-69-31(8)60)79-54(50(49)75-36(13)65)81-45-26(3)46(72-33(10)62)52(77-40(45)22-68-30(7)59)70-19-37-17-15-14-16-18-37/h14-18,24-26,38-54H,19-23H2,1-13H3,(H,55,56)/t24-,25+,26+,38?,39?,40?,41?,42?,43+,44-,45+,46?,47?,48+,49+,50?,51+,52-,53+,54+/m1/s1. The topological polar surface area (TPSA) is 340 Å². The summed E-state index contributed by atoms with van der Waals surface area (Å²) in [6.45, 7) is 13.9. The van der Waals surface area contributed by atoms with Gasteiger partial charge in [-0.2, -0.15) is 0 Å². The van der Waals surface area contributed by atoms with E-state index in [1.54, 1.807) is 45.0 Å². The molecule has 4 aliphatic heterocycles. The van der Waals surface area contributed by atoms with E-state index in [1.807, 2.05) is 6.07 Å². The van der Waals surface area contributed by atoms with Gasteiger partial charge in [0.2, 0.25) is 5.91 Å². The van der Waals surface area contributed by atoms with Gasteiger partial charge in [0.05, 0.1) is 24.9 Å². The Kier molecular flexibility index (Phi) is 24.9. The van der Waals surface area contributed by atoms with Gasteiger partial charge in [-0.3, -0.25) is 47.9 Å². The summed E-state index contributed by atoms with van der Waals surface area (Å²) in [5.74, 6) is -10.6. The molecular weight excluding hydrogens is 1090 g/mol. The lowest BCUT2D eigenvalue weighted by Gasteiger charge is -2.51. The van der Waals surface area contributed by atoms with Crippen LogP contribution in [0.15, 0.2) is 30.3 Å². The Morgan fingerprint density at radius 3 is 1.17 bits per heavy atom. The molecule has 28 heteroatoms. The van der Waals surface area contributed by atoms with E-state index in [2.05, 4.69) is 5.32 Å². The van der Waals surface area contributed by atoms with Crippen molar-refractivity contribution in [1.29, 1.82) is 0 Å². The molecule has 1 amide bonds. The summed E-state index contributed by atoms with van der Waals surface area (Å²) in [5, 5.41) is 2.79. The Balaban J connectivity index is 1.61. The monoisotopic (exact) mass is 1170 g/mol. The van der Waals surface area contributed by atoms with Crippen LogP contribution in [0, 0.1) is 17.8 Å². The van der Waals surface area contributed by atoms with Crippen LogP contribution in [0.25, 0.3) is 0 Å². The molecule has 20 atom stereocenters. The SMILES string of the molecule is CC(=O)NC1[C@H](O[C@@H]2C(OC(C)=O)[C@H](O[C@@H]3C(COC(C)=O)O[C@@H](OCc4ccccc4)C(OC(C)=O)[C@H]3C)OC(COC(C)=O)[C@@H]2OC(C)=O)OC(COC(C)=O)[C@@H](O[C@@H]2OC(COC(C)=O)[C@H](OC(C)=O)[C@H](C)C2OC(C)=O)[C@@H]1C. The molecule has 0 radical (unpaired) electrons. The molecule has 4 fully saturated rings. The van der Waals surface area contributed by atoms with Gasteiger partial charge >= 0.3 is 53.7 Å². The molecule has 8 unspecified atom stereocenters. The molecule has 0 aliphatic carbocycles. The molecule has 5 rings (SSSR count). The van der Waals surface area contributed by atoms with Crippen molar-refractivity contribution in [3.8, 4) is 0 Å². The van der Waals surface area contributed by atoms with Crippen molar-refractivity contribution in [3.63, 3.8) is 0 Å². The van der Waals surface area contributed by atoms with Gasteiger partial charge < -0.3 is 85.8 Å². The second-order valence-electron chi connectivity index (χ2n) is 20.2. The molecule has 458 valence electrons. The van der Waals surface area contributed by atoms with Crippen LogP contribution in [-0.4, -0.2) is 191 Å². The number of esters is 9. The van der Waals surface area contributed by atoms with Crippen molar-refractivity contribution < 1.29 is 128 Å². The lowest BCUT2D eigenvalue weighted by molar-refractivity contribution is -0.376. The highest BCUT2D eigenvalue weighted by atomic mass is 16.8. The van der Waals surface area contributed by atoms with Crippen LogP contribution in [-0.2, 0) is 135 Å². The third-order valence-electron chi connectivity index (χ3n) is 13.4. The highest BCUT2D eigenvalue weighted by Gasteiger charge is 2.59. The zero-order valence-electron chi connectivity index (χ0n) is 48.0. The van der Waals surface area contributed by atoms with Crippen LogP contribution in [0.4, 0.5) is 0 Å². The Morgan fingerprint density at radius 2 is 0.720 bits per heavy atom. The lowest BCUT2D eigenvalue weighted by atomic mass is 9.87. The maximum atomic E-state index is 13.3. The average Bonchev–Trinajstić information content (AvgIpc) is 3.00. The van der Waals surface area contributed by atoms with Gasteiger partial charge in [-0.15, -0.1) is 0 Å². The molecule has 0 saturated carbocycles. The Bertz CT molecular complexity index is 2380. The van der Waals surface area contributed by atoms with Crippen LogP contribution in [0.1, 0.15) is 95.6 Å². The van der Waals surface area contributed by atoms with Gasteiger partial charge in [0, 0.05) is 87.0 Å². The summed E-state index contributed by atoms with van der Waals surface area (Å²) in [6, 6.07) is 7.67. The highest BCUT2D eigenvalue weighted by Crippen LogP contribution is 2.41. The number of nitrogens with one attached hydrogen (secondary N) is 1. The Labute approximate surface area is 473 Å². The van der Waals surface area contributed by atoms with Crippen LogP contribution < -0.4 is 5.32 Å². The van der Waals surface area contributed by atoms with E-state index in [0.29, 0.717) is 0 Å². The predicted molar refractivity (Wildman–Crippen MR) is 270 cm³/mol. The predicted octanol–water partition coefficient (Wildman–Crippen LogP) is 1.58. The zero-order valence-corrected chi connectivity index (χ0v) is 48.0. The fraction of sp³-hybridized carbons (Fsp3) is 0.704. The molecule has 0 spiro atoms. The first kappa shape index (κ1) is 66.4. The molecule has 4 aliphatic rings. The first-order valence-corrected chi connectivity index (χ1v) is 26.5. The molecule has 82 heavy (non-hydrogen) atoms. The van der Waals surface area contributed by atoms with Gasteiger partial charge in [0.15, 0.2) is 49.6 Å². The smallest absolute Gasteiger partial charge is 0.303 e. The second-order valence-corrected chi connectivity index (χ2v) is 20.2. The van der Waals surface area contributed by atoms with Gasteiger partial charge in [0.1, 0.15) is 63.1 Å². The van der Waals surface area contributed by atoms with Gasteiger partial charge in [-0.25, -0.2) is 0 Å². The van der Waals surface area contributed by atoms with Gasteiger partial charge in [-0.1, -0.05) is 51.1 Å². The largest absolute Gasteiger partial charge is 0.463 e. The van der Waals surface area contributed by atoms with Crippen molar-refractivity contribution in [2.24, 2.45) is 17.8 Å². The quantitative estimate of drug-likeness (QED) is 0.120. The van der Waals surface area contributed by atoms with E-state index in [-0.39, 0.29) is 6.61 Å². The third kappa shape index (κ3) is 19.1. The minimum absolute atomic E-state index is 0.00899. The summed E-state index contributed by atoms with van der Waals surface area (Å²) in [5.41, 5.74) is 0.739. The maximum Gasteiger partial charge on any atom is 0.303 e. The summed E-state index contributed by atoms with van der Waals surface area (Å²) >= 11 is 0. The number of amides is 1. The number of hydrogen-bond acceptors (Lipinski definition) is 27. The van der Waals surface area contributed by atoms with Crippen molar-refractivity contribution in [2.75, 3.05) is 26.4 Å². The minimum atomic E-state index is -1.83. The number of hydrogen-bond donors (Lipinski definition) is 1. The average molecular weight is 1170 g/mol. The summed E-state index contributed by atoms with van der Waals surface area (Å²) in [6.07, 6.45) is -23.3. The fourth-order valence-corrected chi connectivity index (χ4v) is 9.97. The third-order valence-corrected chi connectivity index (χ3v) is 13.4. The molecule has 4 heterocycles. The van der Waals surface area contributed by atoms with E-state index in [4.69, 9.17) is 80.5 Å². The molecule has 1 aromatic carbocycles. The normalized spacial score (nSPS) is 33.4. The second kappa shape index (κ2) is 30.8. The minimum Gasteiger partial charge on any atom is -0.463 e. The molecule has 0 bridgehead atoms. The Hall–Kier alpha value is -6.40. The van der Waals surface area contributed by atoms with E-state index < -0.39 is 208 Å².